The maximum atomic E-state index is 5.37. The number of ether oxygens (including phenoxy) is 2. The van der Waals surface area contributed by atoms with Crippen molar-refractivity contribution in [3.05, 3.63) is 22.9 Å². The molecule has 1 aromatic rings. The van der Waals surface area contributed by atoms with Gasteiger partial charge in [-0.05, 0) is 28.9 Å². The molecule has 0 aromatic carbocycles. The van der Waals surface area contributed by atoms with Gasteiger partial charge in [0.25, 0.3) is 0 Å². The molecule has 1 aromatic heterocycles. The first-order valence-corrected chi connectivity index (χ1v) is 4.93. The molecular weight excluding hydrogens is 234 g/mol. The predicted octanol–water partition coefficient (Wildman–Crippen LogP) is 2.26. The Morgan fingerprint density at radius 2 is 2.23 bits per heavy atom. The Kier molecular flexibility index (Phi) is 4.78. The van der Waals surface area contributed by atoms with E-state index in [0.717, 1.165) is 16.8 Å². The third-order valence-corrected chi connectivity index (χ3v) is 1.81. The Balaban J connectivity index is 2.28. The van der Waals surface area contributed by atoms with Crippen molar-refractivity contribution in [1.82, 2.24) is 4.98 Å². The first-order chi connectivity index (χ1) is 6.33. The summed E-state index contributed by atoms with van der Waals surface area (Å²) in [5.41, 5.74) is 0. The summed E-state index contributed by atoms with van der Waals surface area (Å²) in [6, 6.07) is 1.87. The molecule has 0 aliphatic heterocycles. The Labute approximate surface area is 86.2 Å². The van der Waals surface area contributed by atoms with Crippen molar-refractivity contribution in [2.45, 2.75) is 6.92 Å². The summed E-state index contributed by atoms with van der Waals surface area (Å²) < 4.78 is 11.4. The number of pyridine rings is 1. The summed E-state index contributed by atoms with van der Waals surface area (Å²) in [5, 5.41) is 0. The summed E-state index contributed by atoms with van der Waals surface area (Å²) in [4.78, 5) is 3.97. The quantitative estimate of drug-likeness (QED) is 0.747. The van der Waals surface area contributed by atoms with Gasteiger partial charge in [0.1, 0.15) is 12.4 Å². The lowest BCUT2D eigenvalue weighted by atomic mass is 10.5. The summed E-state index contributed by atoms with van der Waals surface area (Å²) in [6.07, 6.45) is 3.39. The second-order valence-corrected chi connectivity index (χ2v) is 3.30. The molecule has 13 heavy (non-hydrogen) atoms. The predicted molar refractivity (Wildman–Crippen MR) is 53.9 cm³/mol. The molecule has 72 valence electrons. The highest BCUT2D eigenvalue weighted by atomic mass is 79.9. The molecule has 0 amide bonds. The summed E-state index contributed by atoms with van der Waals surface area (Å²) in [6.45, 7) is 3.86. The second kappa shape index (κ2) is 5.94. The Morgan fingerprint density at radius 1 is 1.38 bits per heavy atom. The number of hydrogen-bond acceptors (Lipinski definition) is 3. The maximum absolute atomic E-state index is 5.37. The normalized spacial score (nSPS) is 10.0. The van der Waals surface area contributed by atoms with Crippen LogP contribution in [-0.2, 0) is 4.74 Å². The SMILES string of the molecule is CCOCCOc1cncc(Br)c1. The first-order valence-electron chi connectivity index (χ1n) is 4.14. The van der Waals surface area contributed by atoms with Gasteiger partial charge in [-0.15, -0.1) is 0 Å². The molecule has 0 fully saturated rings. The second-order valence-electron chi connectivity index (χ2n) is 2.38. The topological polar surface area (TPSA) is 31.4 Å². The van der Waals surface area contributed by atoms with E-state index in [1.807, 2.05) is 13.0 Å². The van der Waals surface area contributed by atoms with Gasteiger partial charge in [0.05, 0.1) is 12.8 Å². The van der Waals surface area contributed by atoms with E-state index >= 15 is 0 Å². The molecule has 0 aliphatic rings. The smallest absolute Gasteiger partial charge is 0.138 e. The number of hydrogen-bond donors (Lipinski definition) is 0. The van der Waals surface area contributed by atoms with Crippen LogP contribution < -0.4 is 4.74 Å². The number of rotatable bonds is 5. The molecule has 0 N–H and O–H groups in total. The monoisotopic (exact) mass is 245 g/mol. The Bertz CT molecular complexity index is 255. The highest BCUT2D eigenvalue weighted by molar-refractivity contribution is 9.10. The van der Waals surface area contributed by atoms with E-state index in [-0.39, 0.29) is 0 Å². The van der Waals surface area contributed by atoms with Crippen molar-refractivity contribution in [3.8, 4) is 5.75 Å². The van der Waals surface area contributed by atoms with Gasteiger partial charge in [-0.1, -0.05) is 0 Å². The third-order valence-electron chi connectivity index (χ3n) is 1.38. The molecule has 0 spiro atoms. The molecule has 4 heteroatoms. The molecule has 0 unspecified atom stereocenters. The fourth-order valence-corrected chi connectivity index (χ4v) is 1.18. The van der Waals surface area contributed by atoms with Crippen LogP contribution >= 0.6 is 15.9 Å². The van der Waals surface area contributed by atoms with Crippen molar-refractivity contribution >= 4 is 15.9 Å². The van der Waals surface area contributed by atoms with Gasteiger partial charge in [-0.3, -0.25) is 4.98 Å². The van der Waals surface area contributed by atoms with Crippen LogP contribution in [0.25, 0.3) is 0 Å². The summed E-state index contributed by atoms with van der Waals surface area (Å²) >= 11 is 3.31. The van der Waals surface area contributed by atoms with E-state index in [0.29, 0.717) is 13.2 Å². The van der Waals surface area contributed by atoms with Gasteiger partial charge in [-0.2, -0.15) is 0 Å². The summed E-state index contributed by atoms with van der Waals surface area (Å²) in [5.74, 6) is 0.758. The van der Waals surface area contributed by atoms with E-state index in [4.69, 9.17) is 9.47 Å². The van der Waals surface area contributed by atoms with Gasteiger partial charge in [0, 0.05) is 17.3 Å². The molecule has 0 saturated heterocycles. The lowest BCUT2D eigenvalue weighted by Crippen LogP contribution is -2.06. The number of aromatic nitrogens is 1. The van der Waals surface area contributed by atoms with Gasteiger partial charge in [0.2, 0.25) is 0 Å². The Morgan fingerprint density at radius 3 is 2.92 bits per heavy atom. The molecule has 0 aliphatic carbocycles. The average molecular weight is 246 g/mol. The van der Waals surface area contributed by atoms with Gasteiger partial charge in [-0.25, -0.2) is 0 Å². The number of halogens is 1. The maximum Gasteiger partial charge on any atom is 0.138 e. The zero-order chi connectivity index (χ0) is 9.52. The highest BCUT2D eigenvalue weighted by Gasteiger charge is 1.94. The molecule has 0 radical (unpaired) electrons. The third kappa shape index (κ3) is 4.24. The van der Waals surface area contributed by atoms with Crippen LogP contribution in [0.5, 0.6) is 5.75 Å². The zero-order valence-electron chi connectivity index (χ0n) is 7.50. The molecule has 0 saturated carbocycles. The minimum Gasteiger partial charge on any atom is -0.490 e. The summed E-state index contributed by atoms with van der Waals surface area (Å²) in [7, 11) is 0. The fraction of sp³-hybridized carbons (Fsp3) is 0.444. The van der Waals surface area contributed by atoms with E-state index in [1.165, 1.54) is 0 Å². The molecule has 1 heterocycles. The van der Waals surface area contributed by atoms with Crippen molar-refractivity contribution in [3.63, 3.8) is 0 Å². The van der Waals surface area contributed by atoms with E-state index in [1.54, 1.807) is 12.4 Å². The van der Waals surface area contributed by atoms with Crippen LogP contribution in [0.4, 0.5) is 0 Å². The van der Waals surface area contributed by atoms with Gasteiger partial charge in [0.15, 0.2) is 0 Å². The lowest BCUT2D eigenvalue weighted by Gasteiger charge is -2.05. The van der Waals surface area contributed by atoms with Crippen molar-refractivity contribution < 1.29 is 9.47 Å². The van der Waals surface area contributed by atoms with Gasteiger partial charge < -0.3 is 9.47 Å². The van der Waals surface area contributed by atoms with Crippen LogP contribution in [0.2, 0.25) is 0 Å². The van der Waals surface area contributed by atoms with Crippen molar-refractivity contribution in [1.29, 1.82) is 0 Å². The zero-order valence-corrected chi connectivity index (χ0v) is 9.08. The van der Waals surface area contributed by atoms with Crippen LogP contribution in [-0.4, -0.2) is 24.8 Å². The molecule has 3 nitrogen and oxygen atoms in total. The van der Waals surface area contributed by atoms with Crippen LogP contribution in [0, 0.1) is 0 Å². The first kappa shape index (κ1) is 10.5. The van der Waals surface area contributed by atoms with E-state index < -0.39 is 0 Å². The van der Waals surface area contributed by atoms with Crippen LogP contribution in [0.15, 0.2) is 22.9 Å². The van der Waals surface area contributed by atoms with Crippen molar-refractivity contribution in [2.75, 3.05) is 19.8 Å². The molecule has 0 bridgehead atoms. The molecule has 0 atom stereocenters. The largest absolute Gasteiger partial charge is 0.490 e. The standard InChI is InChI=1S/C9H12BrNO2/c1-2-12-3-4-13-9-5-8(10)6-11-7-9/h5-7H,2-4H2,1H3. The van der Waals surface area contributed by atoms with Crippen LogP contribution in [0.3, 0.4) is 0 Å². The van der Waals surface area contributed by atoms with Gasteiger partial charge >= 0.3 is 0 Å². The minimum atomic E-state index is 0.561. The van der Waals surface area contributed by atoms with Crippen LogP contribution in [0.1, 0.15) is 6.92 Å². The van der Waals surface area contributed by atoms with E-state index in [9.17, 15) is 0 Å². The lowest BCUT2D eigenvalue weighted by molar-refractivity contribution is 0.110. The molecule has 1 rings (SSSR count). The highest BCUT2D eigenvalue weighted by Crippen LogP contribution is 2.15. The Hall–Kier alpha value is -0.610. The minimum absolute atomic E-state index is 0.561. The fourth-order valence-electron chi connectivity index (χ4n) is 0.834. The van der Waals surface area contributed by atoms with E-state index in [2.05, 4.69) is 20.9 Å². The van der Waals surface area contributed by atoms with Crippen molar-refractivity contribution in [2.24, 2.45) is 0 Å². The average Bonchev–Trinajstić information content (AvgIpc) is 2.13. The number of nitrogens with zero attached hydrogens (tertiary/aromatic N) is 1. The molecular formula is C9H12BrNO2.